The van der Waals surface area contributed by atoms with Crippen LogP contribution in [0.15, 0.2) is 34.3 Å². The molecule has 13 N–H and O–H groups in total. The number of aliphatic carboxylic acids is 2. The Morgan fingerprint density at radius 3 is 1.91 bits per heavy atom. The van der Waals surface area contributed by atoms with Crippen LogP contribution >= 0.6 is 0 Å². The normalized spacial score (nSPS) is 15.2. The number of rotatable bonds is 24. The Balaban J connectivity index is 0.00000304. The summed E-state index contributed by atoms with van der Waals surface area (Å²) < 4.78 is 31.7. The minimum atomic E-state index is -5.08. The van der Waals surface area contributed by atoms with E-state index in [0.29, 0.717) is 50.2 Å². The first kappa shape index (κ1) is 59.7. The van der Waals surface area contributed by atoms with Gasteiger partial charge in [-0.3, -0.25) is 34.0 Å². The number of phenols is 1. The monoisotopic (exact) mass is 972 g/mol. The number of nitrogens with one attached hydrogen (secondary N) is 6. The van der Waals surface area contributed by atoms with Gasteiger partial charge in [-0.1, -0.05) is 46.8 Å². The van der Waals surface area contributed by atoms with Gasteiger partial charge in [-0.2, -0.15) is 13.2 Å². The summed E-state index contributed by atoms with van der Waals surface area (Å²) in [5, 5.41) is 44.1. The molecule has 0 bridgehead atoms. The average molecular weight is 972 g/mol. The van der Waals surface area contributed by atoms with Crippen molar-refractivity contribution in [2.24, 2.45) is 32.8 Å². The second-order valence-electron chi connectivity index (χ2n) is 17.6. The molecule has 5 atom stereocenters. The summed E-state index contributed by atoms with van der Waals surface area (Å²) in [6.07, 6.45) is -2.26. The lowest BCUT2D eigenvalue weighted by Gasteiger charge is -2.33. The number of carbonyl (C=O) groups is 7. The number of hydrogen-bond donors (Lipinski definition) is 11. The fourth-order valence-corrected chi connectivity index (χ4v) is 6.84. The Labute approximate surface area is 395 Å². The molecule has 0 radical (unpaired) electrons. The molecular weight excluding hydrogens is 900 g/mol. The van der Waals surface area contributed by atoms with Crippen LogP contribution in [-0.4, -0.2) is 143 Å². The van der Waals surface area contributed by atoms with Gasteiger partial charge in [0.05, 0.1) is 0 Å². The molecule has 1 aromatic carbocycles. The lowest BCUT2D eigenvalue weighted by atomic mass is 9.85. The van der Waals surface area contributed by atoms with Crippen LogP contribution in [0.25, 0.3) is 0 Å². The van der Waals surface area contributed by atoms with Crippen molar-refractivity contribution in [1.82, 2.24) is 36.8 Å². The first-order chi connectivity index (χ1) is 31.7. The summed E-state index contributed by atoms with van der Waals surface area (Å²) >= 11 is 0. The van der Waals surface area contributed by atoms with Gasteiger partial charge in [-0.15, -0.1) is 0 Å². The molecule has 0 aliphatic carbocycles. The second-order valence-corrected chi connectivity index (χ2v) is 17.6. The fourth-order valence-electron chi connectivity index (χ4n) is 6.84. The molecule has 1 heterocycles. The van der Waals surface area contributed by atoms with E-state index in [1.165, 1.54) is 17.0 Å². The number of aliphatic imine (C=N–C) groups is 2. The largest absolute Gasteiger partial charge is 0.508 e. The third-order valence-electron chi connectivity index (χ3n) is 10.2. The first-order valence-electron chi connectivity index (χ1n) is 22.6. The van der Waals surface area contributed by atoms with E-state index in [2.05, 4.69) is 41.9 Å². The lowest BCUT2D eigenvalue weighted by molar-refractivity contribution is -0.192. The zero-order valence-corrected chi connectivity index (χ0v) is 40.0. The molecule has 1 saturated heterocycles. The molecule has 1 aromatic rings. The zero-order chi connectivity index (χ0) is 51.8. The highest BCUT2D eigenvalue weighted by Crippen LogP contribution is 2.23. The Bertz CT molecular complexity index is 1860. The highest BCUT2D eigenvalue weighted by molar-refractivity contribution is 5.96. The van der Waals surface area contributed by atoms with Gasteiger partial charge in [-0.05, 0) is 87.8 Å². The van der Waals surface area contributed by atoms with Crippen LogP contribution in [0, 0.1) is 11.3 Å². The number of hydrogen-bond acceptors (Lipinski definition) is 10. The third kappa shape index (κ3) is 22.9. The maximum atomic E-state index is 14.2. The Kier molecular flexibility index (Phi) is 25.8. The van der Waals surface area contributed by atoms with E-state index in [4.69, 9.17) is 21.4 Å². The molecule has 384 valence electrons. The van der Waals surface area contributed by atoms with E-state index in [1.807, 2.05) is 27.7 Å². The van der Waals surface area contributed by atoms with E-state index < -0.39 is 77.4 Å². The molecule has 1 fully saturated rings. The number of carboxylic acids is 2. The molecule has 68 heavy (non-hydrogen) atoms. The van der Waals surface area contributed by atoms with Crippen molar-refractivity contribution in [2.75, 3.05) is 32.7 Å². The van der Waals surface area contributed by atoms with Gasteiger partial charge < -0.3 is 63.6 Å². The van der Waals surface area contributed by atoms with Crippen LogP contribution in [-0.2, 0) is 40.0 Å². The van der Waals surface area contributed by atoms with Gasteiger partial charge in [0, 0.05) is 45.6 Å². The Morgan fingerprint density at radius 1 is 0.809 bits per heavy atom. The van der Waals surface area contributed by atoms with Crippen LogP contribution < -0.4 is 43.4 Å². The van der Waals surface area contributed by atoms with Gasteiger partial charge in [0.25, 0.3) is 0 Å². The highest BCUT2D eigenvalue weighted by Gasteiger charge is 2.41. The SMILES string of the molecule is CCNC(=NCCCCC(=O)N[C@@H](CCCN=C(N)N)C(=O)N1CCC[C@H]1C(=O)N[C@@H](Cc1ccc(O)cc1)C(=O)N[C@H](C(=O)N[C@@H](CC(C)C)C(=O)O)C(C)(C)C)NCC.O=C(O)C(F)(F)F. The summed E-state index contributed by atoms with van der Waals surface area (Å²) in [5.41, 5.74) is 10.7. The molecule has 1 aliphatic rings. The number of alkyl halides is 3. The van der Waals surface area contributed by atoms with Crippen molar-refractivity contribution in [3.05, 3.63) is 29.8 Å². The minimum absolute atomic E-state index is 0.000337. The summed E-state index contributed by atoms with van der Waals surface area (Å²) in [6, 6.07) is 0.497. The molecule has 21 nitrogen and oxygen atoms in total. The molecule has 0 aromatic heterocycles. The lowest BCUT2D eigenvalue weighted by Crippen LogP contribution is -2.61. The first-order valence-corrected chi connectivity index (χ1v) is 22.6. The number of unbranched alkanes of at least 4 members (excludes halogenated alkanes) is 1. The number of carboxylic acid groups (broad SMARTS) is 2. The minimum Gasteiger partial charge on any atom is -0.508 e. The molecule has 1 aliphatic heterocycles. The predicted molar refractivity (Wildman–Crippen MR) is 248 cm³/mol. The van der Waals surface area contributed by atoms with Crippen LogP contribution in [0.3, 0.4) is 0 Å². The van der Waals surface area contributed by atoms with Gasteiger partial charge in [-0.25, -0.2) is 9.59 Å². The molecule has 2 rings (SSSR count). The van der Waals surface area contributed by atoms with Gasteiger partial charge in [0.1, 0.15) is 36.0 Å². The van der Waals surface area contributed by atoms with Gasteiger partial charge in [0.15, 0.2) is 11.9 Å². The second kappa shape index (κ2) is 29.4. The smallest absolute Gasteiger partial charge is 0.490 e. The molecule has 0 spiro atoms. The molecule has 0 unspecified atom stereocenters. The number of amides is 5. The topological polar surface area (TPSA) is 332 Å². The number of halogens is 3. The maximum absolute atomic E-state index is 14.2. The highest BCUT2D eigenvalue weighted by atomic mass is 19.4. The predicted octanol–water partition coefficient (Wildman–Crippen LogP) is 1.47. The summed E-state index contributed by atoms with van der Waals surface area (Å²) in [7, 11) is 0. The Hall–Kier alpha value is -6.36. The van der Waals surface area contributed by atoms with E-state index in [9.17, 15) is 52.2 Å². The molecule has 24 heteroatoms. The van der Waals surface area contributed by atoms with E-state index in [0.717, 1.165) is 13.1 Å². The van der Waals surface area contributed by atoms with Crippen LogP contribution in [0.5, 0.6) is 5.75 Å². The number of phenolic OH excluding ortho intramolecular Hbond substituents is 1. The van der Waals surface area contributed by atoms with E-state index in [1.54, 1.807) is 32.9 Å². The number of aromatic hydroxyl groups is 1. The van der Waals surface area contributed by atoms with Crippen molar-refractivity contribution < 1.29 is 62.1 Å². The zero-order valence-electron chi connectivity index (χ0n) is 40.0. The molecular formula is C44H72F3N11O10. The average Bonchev–Trinajstić information content (AvgIpc) is 3.73. The van der Waals surface area contributed by atoms with Crippen LogP contribution in [0.1, 0.15) is 105 Å². The number of guanidine groups is 2. The summed E-state index contributed by atoms with van der Waals surface area (Å²) in [4.78, 5) is 100. The van der Waals surface area contributed by atoms with Crippen molar-refractivity contribution in [2.45, 2.75) is 143 Å². The quantitative estimate of drug-likeness (QED) is 0.0397. The number of carbonyl (C=O) groups excluding carboxylic acids is 5. The van der Waals surface area contributed by atoms with Crippen LogP contribution in [0.4, 0.5) is 13.2 Å². The van der Waals surface area contributed by atoms with Crippen molar-refractivity contribution in [3.63, 3.8) is 0 Å². The van der Waals surface area contributed by atoms with Crippen molar-refractivity contribution in [1.29, 1.82) is 0 Å². The maximum Gasteiger partial charge on any atom is 0.490 e. The molecule has 5 amide bonds. The summed E-state index contributed by atoms with van der Waals surface area (Å²) in [6.45, 7) is 15.2. The Morgan fingerprint density at radius 2 is 1.40 bits per heavy atom. The fraction of sp³-hybridized carbons (Fsp3) is 0.659. The number of nitrogens with zero attached hydrogens (tertiary/aromatic N) is 3. The van der Waals surface area contributed by atoms with Gasteiger partial charge >= 0.3 is 18.1 Å². The number of likely N-dealkylation sites (tertiary alicyclic amines) is 1. The van der Waals surface area contributed by atoms with Crippen molar-refractivity contribution in [3.8, 4) is 5.75 Å². The van der Waals surface area contributed by atoms with Crippen LogP contribution in [0.2, 0.25) is 0 Å². The summed E-state index contributed by atoms with van der Waals surface area (Å²) in [5.74, 6) is -6.20. The number of nitrogens with two attached hydrogens (primary N) is 2. The van der Waals surface area contributed by atoms with Gasteiger partial charge in [0.2, 0.25) is 29.5 Å². The van der Waals surface area contributed by atoms with E-state index in [-0.39, 0.29) is 62.3 Å². The number of benzene rings is 1. The standard InChI is InChI=1S/C42H71N11O8.C2HF3O2/c1-8-45-41(46-9-2)48-21-11-10-16-33(55)49-29(14-12-22-47-40(43)44)38(59)53-23-13-15-32(53)36(57)50-30(25-27-17-19-28(54)20-18-27)35(56)52-34(42(5,6)7)37(58)51-31(39(60)61)24-26(3)4;3-2(4,5)1(6)7/h17-20,26,29-32,34,54H,8-16,21-25H2,1-7H3,(H,49,55)(H,50,57)(H,51,58)(H,52,56)(H,60,61)(H4,43,44,47)(H2,45,46,48);(H,6,7)/t29-,30-,31-,32-,34+;/m0./s1. The van der Waals surface area contributed by atoms with Crippen molar-refractivity contribution >= 4 is 53.4 Å². The van der Waals surface area contributed by atoms with E-state index >= 15 is 0 Å². The third-order valence-corrected chi connectivity index (χ3v) is 10.2. The molecule has 0 saturated carbocycles.